The van der Waals surface area contributed by atoms with Gasteiger partial charge in [-0.05, 0) is 45.4 Å². The molecule has 0 spiro atoms. The smallest absolute Gasteiger partial charge is 0.355 e. The third-order valence-electron chi connectivity index (χ3n) is 4.00. The number of Topliss-reactive ketones (excluding diaryl/α,β-unsaturated/α-hetero) is 1. The number of rotatable bonds is 6. The van der Waals surface area contributed by atoms with E-state index < -0.39 is 24.6 Å². The van der Waals surface area contributed by atoms with Crippen LogP contribution in [0, 0.1) is 13.8 Å². The number of anilines is 1. The van der Waals surface area contributed by atoms with Crippen molar-refractivity contribution < 1.29 is 24.2 Å². The molecular formula is C19H22N2O5. The molecule has 0 aliphatic heterocycles. The lowest BCUT2D eigenvalue weighted by molar-refractivity contribution is -0.119. The minimum absolute atomic E-state index is 0.112. The number of amides is 1. The maximum Gasteiger partial charge on any atom is 0.355 e. The molecule has 1 atom stereocenters. The Morgan fingerprint density at radius 1 is 1.27 bits per heavy atom. The van der Waals surface area contributed by atoms with Gasteiger partial charge in [0.05, 0.1) is 6.10 Å². The predicted octanol–water partition coefficient (Wildman–Crippen LogP) is 2.68. The van der Waals surface area contributed by atoms with Crippen molar-refractivity contribution >= 4 is 23.3 Å². The molecule has 0 bridgehead atoms. The average Bonchev–Trinajstić information content (AvgIpc) is 2.87. The third-order valence-corrected chi connectivity index (χ3v) is 4.00. The zero-order valence-electron chi connectivity index (χ0n) is 15.2. The number of aromatic nitrogens is 1. The van der Waals surface area contributed by atoms with Crippen LogP contribution in [0.25, 0.3) is 0 Å². The number of ether oxygens (including phenoxy) is 1. The zero-order valence-corrected chi connectivity index (χ0v) is 15.2. The van der Waals surface area contributed by atoms with Crippen LogP contribution in [0.3, 0.4) is 0 Å². The molecule has 7 heteroatoms. The molecule has 2 rings (SSSR count). The van der Waals surface area contributed by atoms with Gasteiger partial charge in [-0.25, -0.2) is 4.79 Å². The van der Waals surface area contributed by atoms with Crippen LogP contribution >= 0.6 is 0 Å². The summed E-state index contributed by atoms with van der Waals surface area (Å²) in [5, 5.41) is 12.3. The van der Waals surface area contributed by atoms with E-state index in [9.17, 15) is 19.5 Å². The van der Waals surface area contributed by atoms with E-state index >= 15 is 0 Å². The molecule has 1 amide bonds. The van der Waals surface area contributed by atoms with E-state index in [1.54, 1.807) is 45.0 Å². The van der Waals surface area contributed by atoms with E-state index in [0.717, 1.165) is 0 Å². The van der Waals surface area contributed by atoms with Gasteiger partial charge in [-0.2, -0.15) is 0 Å². The van der Waals surface area contributed by atoms with Crippen molar-refractivity contribution in [1.82, 2.24) is 4.98 Å². The highest BCUT2D eigenvalue weighted by molar-refractivity contribution is 5.98. The number of aliphatic hydroxyl groups excluding tert-OH is 1. The van der Waals surface area contributed by atoms with Gasteiger partial charge in [0, 0.05) is 22.5 Å². The summed E-state index contributed by atoms with van der Waals surface area (Å²) in [5.74, 6) is -1.31. The van der Waals surface area contributed by atoms with Crippen molar-refractivity contribution in [2.24, 2.45) is 0 Å². The van der Waals surface area contributed by atoms with Gasteiger partial charge in [0.25, 0.3) is 5.91 Å². The molecule has 1 heterocycles. The number of carbonyl (C=O) groups is 3. The number of ketones is 1. The minimum atomic E-state index is -0.718. The van der Waals surface area contributed by atoms with Crippen molar-refractivity contribution in [1.29, 1.82) is 0 Å². The average molecular weight is 358 g/mol. The highest BCUT2D eigenvalue weighted by atomic mass is 16.5. The largest absolute Gasteiger partial charge is 0.451 e. The van der Waals surface area contributed by atoms with Crippen LogP contribution in [-0.2, 0) is 9.53 Å². The van der Waals surface area contributed by atoms with Crippen LogP contribution in [0.1, 0.15) is 57.6 Å². The number of benzene rings is 1. The Morgan fingerprint density at radius 2 is 1.96 bits per heavy atom. The third kappa shape index (κ3) is 4.37. The molecule has 1 aromatic heterocycles. The van der Waals surface area contributed by atoms with E-state index in [1.807, 2.05) is 0 Å². The highest BCUT2D eigenvalue weighted by Crippen LogP contribution is 2.24. The van der Waals surface area contributed by atoms with Crippen LogP contribution in [0.15, 0.2) is 24.3 Å². The van der Waals surface area contributed by atoms with Crippen molar-refractivity contribution in [2.75, 3.05) is 11.9 Å². The summed E-state index contributed by atoms with van der Waals surface area (Å²) in [5.41, 5.74) is 3.05. The van der Waals surface area contributed by atoms with Crippen LogP contribution in [0.5, 0.6) is 0 Å². The number of H-pyrrole nitrogens is 1. The molecule has 0 saturated heterocycles. The van der Waals surface area contributed by atoms with Crippen molar-refractivity contribution in [3.05, 3.63) is 52.3 Å². The molecule has 0 fully saturated rings. The Bertz CT molecular complexity index is 852. The molecule has 2 aromatic rings. The van der Waals surface area contributed by atoms with Crippen LogP contribution in [-0.4, -0.2) is 34.4 Å². The van der Waals surface area contributed by atoms with E-state index in [4.69, 9.17) is 4.74 Å². The summed E-state index contributed by atoms with van der Waals surface area (Å²) in [6.07, 6.45) is -0.718. The van der Waals surface area contributed by atoms with Crippen LogP contribution in [0.4, 0.5) is 5.69 Å². The molecule has 3 N–H and O–H groups in total. The number of nitrogens with one attached hydrogen (secondary N) is 2. The monoisotopic (exact) mass is 358 g/mol. The number of carbonyl (C=O) groups excluding carboxylic acids is 3. The van der Waals surface area contributed by atoms with E-state index in [1.165, 1.54) is 6.92 Å². The van der Waals surface area contributed by atoms with Crippen molar-refractivity contribution in [3.63, 3.8) is 0 Å². The quantitative estimate of drug-likeness (QED) is 0.543. The second-order valence-electron chi connectivity index (χ2n) is 6.10. The molecule has 0 aliphatic rings. The Morgan fingerprint density at radius 3 is 2.54 bits per heavy atom. The van der Waals surface area contributed by atoms with Gasteiger partial charge in [-0.1, -0.05) is 12.1 Å². The van der Waals surface area contributed by atoms with Gasteiger partial charge in [0.15, 0.2) is 12.4 Å². The first-order chi connectivity index (χ1) is 12.2. The number of aromatic amines is 1. The molecule has 0 saturated carbocycles. The summed E-state index contributed by atoms with van der Waals surface area (Å²) in [4.78, 5) is 38.4. The number of hydrogen-bond acceptors (Lipinski definition) is 5. The Kier molecular flexibility index (Phi) is 5.94. The highest BCUT2D eigenvalue weighted by Gasteiger charge is 2.21. The van der Waals surface area contributed by atoms with Crippen molar-refractivity contribution in [2.45, 2.75) is 33.8 Å². The fourth-order valence-corrected chi connectivity index (χ4v) is 2.81. The van der Waals surface area contributed by atoms with Crippen LogP contribution < -0.4 is 5.32 Å². The number of aryl methyl sites for hydroxylation is 1. The maximum absolute atomic E-state index is 12.2. The molecule has 0 radical (unpaired) electrons. The van der Waals surface area contributed by atoms with Gasteiger partial charge >= 0.3 is 5.97 Å². The SMILES string of the molecule is CC(=O)c1cccc(NC(=O)COC(=O)c2[nH]c(C)c([C@@H](C)O)c2C)c1. The molecule has 0 unspecified atom stereocenters. The zero-order chi connectivity index (χ0) is 19.4. The summed E-state index contributed by atoms with van der Waals surface area (Å²) >= 11 is 0. The lowest BCUT2D eigenvalue weighted by Crippen LogP contribution is -2.21. The second kappa shape index (κ2) is 7.97. The molecule has 1 aromatic carbocycles. The first-order valence-corrected chi connectivity index (χ1v) is 8.15. The Labute approximate surface area is 151 Å². The van der Waals surface area contributed by atoms with Gasteiger partial charge in [-0.3, -0.25) is 9.59 Å². The number of esters is 1. The standard InChI is InChI=1S/C19H22N2O5/c1-10-17(13(4)23)11(2)20-18(10)19(25)26-9-16(24)21-15-7-5-6-14(8-15)12(3)22/h5-8,13,20,23H,9H2,1-4H3,(H,21,24)/t13-/m1/s1. The molecule has 0 aliphatic carbocycles. The normalized spacial score (nSPS) is 11.7. The van der Waals surface area contributed by atoms with E-state index in [-0.39, 0.29) is 11.5 Å². The lowest BCUT2D eigenvalue weighted by Gasteiger charge is -2.08. The fraction of sp³-hybridized carbons (Fsp3) is 0.316. The van der Waals surface area contributed by atoms with Gasteiger partial charge in [0.2, 0.25) is 0 Å². The fourth-order valence-electron chi connectivity index (χ4n) is 2.81. The predicted molar refractivity (Wildman–Crippen MR) is 96.3 cm³/mol. The summed E-state index contributed by atoms with van der Waals surface area (Å²) in [6, 6.07) is 6.49. The number of aliphatic hydroxyl groups is 1. The summed E-state index contributed by atoms with van der Waals surface area (Å²) < 4.78 is 5.04. The summed E-state index contributed by atoms with van der Waals surface area (Å²) in [7, 11) is 0. The Hall–Kier alpha value is -2.93. The van der Waals surface area contributed by atoms with Gasteiger partial charge < -0.3 is 20.1 Å². The van der Waals surface area contributed by atoms with Crippen LogP contribution in [0.2, 0.25) is 0 Å². The second-order valence-corrected chi connectivity index (χ2v) is 6.10. The Balaban J connectivity index is 1.99. The molecule has 138 valence electrons. The first kappa shape index (κ1) is 19.4. The molecule has 26 heavy (non-hydrogen) atoms. The number of hydrogen-bond donors (Lipinski definition) is 3. The van der Waals surface area contributed by atoms with E-state index in [0.29, 0.717) is 28.1 Å². The van der Waals surface area contributed by atoms with Crippen molar-refractivity contribution in [3.8, 4) is 0 Å². The van der Waals surface area contributed by atoms with Gasteiger partial charge in [-0.15, -0.1) is 0 Å². The molecular weight excluding hydrogens is 336 g/mol. The summed E-state index contributed by atoms with van der Waals surface area (Å²) in [6.45, 7) is 6.03. The topological polar surface area (TPSA) is 108 Å². The first-order valence-electron chi connectivity index (χ1n) is 8.15. The van der Waals surface area contributed by atoms with Gasteiger partial charge in [0.1, 0.15) is 5.69 Å². The lowest BCUT2D eigenvalue weighted by atomic mass is 10.1. The minimum Gasteiger partial charge on any atom is -0.451 e. The molecule has 7 nitrogen and oxygen atoms in total. The maximum atomic E-state index is 12.2. The van der Waals surface area contributed by atoms with E-state index in [2.05, 4.69) is 10.3 Å².